The maximum atomic E-state index is 11.4. The molecule has 80 valence electrons. The van der Waals surface area contributed by atoms with Gasteiger partial charge in [-0.2, -0.15) is 0 Å². The normalized spacial score (nSPS) is 20.4. The smallest absolute Gasteiger partial charge is 0.321 e. The van der Waals surface area contributed by atoms with E-state index in [1.807, 2.05) is 12.1 Å². The lowest BCUT2D eigenvalue weighted by molar-refractivity contribution is -0.152. The number of aromatic amines is 1. The SMILES string of the molecule is O=C1CC(c2ccc3nc[nH]c3c2)C(=O)O1. The van der Waals surface area contributed by atoms with E-state index in [-0.39, 0.29) is 6.42 Å². The van der Waals surface area contributed by atoms with E-state index in [1.165, 1.54) is 0 Å². The largest absolute Gasteiger partial charge is 0.393 e. The first-order chi connectivity index (χ1) is 7.74. The fourth-order valence-corrected chi connectivity index (χ4v) is 1.90. The van der Waals surface area contributed by atoms with Gasteiger partial charge in [-0.05, 0) is 17.7 Å². The molecular formula is C11H8N2O3. The zero-order chi connectivity index (χ0) is 11.1. The van der Waals surface area contributed by atoms with Gasteiger partial charge >= 0.3 is 11.9 Å². The number of nitrogens with one attached hydrogen (secondary N) is 1. The number of carbonyl (C=O) groups excluding carboxylic acids is 2. The summed E-state index contributed by atoms with van der Waals surface area (Å²) in [6.07, 6.45) is 1.71. The van der Waals surface area contributed by atoms with Gasteiger partial charge in [-0.15, -0.1) is 0 Å². The van der Waals surface area contributed by atoms with Gasteiger partial charge in [0, 0.05) is 0 Å². The molecule has 0 spiro atoms. The third kappa shape index (κ3) is 1.29. The molecule has 5 heteroatoms. The molecular weight excluding hydrogens is 208 g/mol. The zero-order valence-corrected chi connectivity index (χ0v) is 8.27. The first-order valence-corrected chi connectivity index (χ1v) is 4.91. The highest BCUT2D eigenvalue weighted by Gasteiger charge is 2.34. The number of hydrogen-bond donors (Lipinski definition) is 1. The number of hydrogen-bond acceptors (Lipinski definition) is 4. The van der Waals surface area contributed by atoms with Gasteiger partial charge < -0.3 is 9.72 Å². The highest BCUT2D eigenvalue weighted by Crippen LogP contribution is 2.28. The molecule has 3 rings (SSSR count). The van der Waals surface area contributed by atoms with Crippen LogP contribution in [0.1, 0.15) is 17.9 Å². The summed E-state index contributed by atoms with van der Waals surface area (Å²) in [6, 6.07) is 5.44. The van der Waals surface area contributed by atoms with Crippen LogP contribution in [-0.4, -0.2) is 21.9 Å². The summed E-state index contributed by atoms with van der Waals surface area (Å²) in [6.45, 7) is 0. The number of benzene rings is 1. The summed E-state index contributed by atoms with van der Waals surface area (Å²) in [5.74, 6) is -1.40. The molecule has 5 nitrogen and oxygen atoms in total. The molecule has 2 aromatic rings. The topological polar surface area (TPSA) is 72.0 Å². The predicted molar refractivity (Wildman–Crippen MR) is 54.6 cm³/mol. The number of imidazole rings is 1. The quantitative estimate of drug-likeness (QED) is 0.572. The number of fused-ring (bicyclic) bond motifs is 1. The Kier molecular flexibility index (Phi) is 1.80. The van der Waals surface area contributed by atoms with Crippen molar-refractivity contribution < 1.29 is 14.3 Å². The molecule has 1 unspecified atom stereocenters. The molecule has 1 fully saturated rings. The van der Waals surface area contributed by atoms with Crippen LogP contribution in [0.15, 0.2) is 24.5 Å². The number of aromatic nitrogens is 2. The predicted octanol–water partition coefficient (Wildman–Crippen LogP) is 1.12. The molecule has 1 aromatic heterocycles. The van der Waals surface area contributed by atoms with Gasteiger partial charge in [0.05, 0.1) is 29.7 Å². The van der Waals surface area contributed by atoms with Crippen LogP contribution in [0.4, 0.5) is 0 Å². The van der Waals surface area contributed by atoms with Crippen molar-refractivity contribution in [3.8, 4) is 0 Å². The van der Waals surface area contributed by atoms with Gasteiger partial charge in [0.2, 0.25) is 0 Å². The van der Waals surface area contributed by atoms with Gasteiger partial charge in [-0.3, -0.25) is 9.59 Å². The lowest BCUT2D eigenvalue weighted by atomic mass is 9.97. The molecule has 16 heavy (non-hydrogen) atoms. The fraction of sp³-hybridized carbons (Fsp3) is 0.182. The van der Waals surface area contributed by atoms with E-state index >= 15 is 0 Å². The number of rotatable bonds is 1. The number of H-pyrrole nitrogens is 1. The molecule has 1 N–H and O–H groups in total. The number of ether oxygens (including phenoxy) is 1. The minimum absolute atomic E-state index is 0.123. The summed E-state index contributed by atoms with van der Waals surface area (Å²) < 4.78 is 4.52. The summed E-state index contributed by atoms with van der Waals surface area (Å²) >= 11 is 0. The maximum Gasteiger partial charge on any atom is 0.321 e. The molecule has 1 aliphatic heterocycles. The zero-order valence-electron chi connectivity index (χ0n) is 8.27. The Morgan fingerprint density at radius 3 is 3.00 bits per heavy atom. The highest BCUT2D eigenvalue weighted by atomic mass is 16.6. The molecule has 2 heterocycles. The van der Waals surface area contributed by atoms with Gasteiger partial charge in [-0.25, -0.2) is 4.98 Å². The molecule has 0 amide bonds. The van der Waals surface area contributed by atoms with E-state index in [4.69, 9.17) is 0 Å². The summed E-state index contributed by atoms with van der Waals surface area (Å²) in [7, 11) is 0. The van der Waals surface area contributed by atoms with Crippen molar-refractivity contribution in [2.45, 2.75) is 12.3 Å². The van der Waals surface area contributed by atoms with E-state index < -0.39 is 17.9 Å². The van der Waals surface area contributed by atoms with Crippen molar-refractivity contribution in [2.24, 2.45) is 0 Å². The van der Waals surface area contributed by atoms with E-state index in [0.29, 0.717) is 0 Å². The first-order valence-electron chi connectivity index (χ1n) is 4.91. The molecule has 0 bridgehead atoms. The first kappa shape index (κ1) is 9.08. The van der Waals surface area contributed by atoms with Crippen LogP contribution in [0.25, 0.3) is 11.0 Å². The minimum atomic E-state index is -0.472. The van der Waals surface area contributed by atoms with E-state index in [9.17, 15) is 9.59 Å². The number of esters is 2. The van der Waals surface area contributed by atoms with Crippen LogP contribution in [0.2, 0.25) is 0 Å². The molecule has 0 aliphatic carbocycles. The fourth-order valence-electron chi connectivity index (χ4n) is 1.90. The standard InChI is InChI=1S/C11H8N2O3/c14-10-4-7(11(15)16-10)6-1-2-8-9(3-6)13-5-12-8/h1-3,5,7H,4H2,(H,12,13). The van der Waals surface area contributed by atoms with Crippen LogP contribution in [0, 0.1) is 0 Å². The monoisotopic (exact) mass is 216 g/mol. The number of nitrogens with zero attached hydrogens (tertiary/aromatic N) is 1. The number of carbonyl (C=O) groups is 2. The Labute approximate surface area is 90.4 Å². The van der Waals surface area contributed by atoms with Gasteiger partial charge in [0.25, 0.3) is 0 Å². The average molecular weight is 216 g/mol. The van der Waals surface area contributed by atoms with Crippen molar-refractivity contribution >= 4 is 23.0 Å². The van der Waals surface area contributed by atoms with Crippen molar-refractivity contribution in [3.05, 3.63) is 30.1 Å². The van der Waals surface area contributed by atoms with Gasteiger partial charge in [0.1, 0.15) is 0 Å². The van der Waals surface area contributed by atoms with Crippen LogP contribution < -0.4 is 0 Å². The second-order valence-corrected chi connectivity index (χ2v) is 3.73. The van der Waals surface area contributed by atoms with Crippen molar-refractivity contribution in [3.63, 3.8) is 0 Å². The average Bonchev–Trinajstić information content (AvgIpc) is 2.83. The Bertz CT molecular complexity index is 588. The third-order valence-corrected chi connectivity index (χ3v) is 2.72. The van der Waals surface area contributed by atoms with Gasteiger partial charge in [0.15, 0.2) is 0 Å². The maximum absolute atomic E-state index is 11.4. The number of cyclic esters (lactones) is 2. The lowest BCUT2D eigenvalue weighted by Crippen LogP contribution is -2.05. The second-order valence-electron chi connectivity index (χ2n) is 3.73. The van der Waals surface area contributed by atoms with E-state index in [0.717, 1.165) is 16.6 Å². The van der Waals surface area contributed by atoms with Crippen LogP contribution in [0.5, 0.6) is 0 Å². The van der Waals surface area contributed by atoms with Gasteiger partial charge in [-0.1, -0.05) is 6.07 Å². The van der Waals surface area contributed by atoms with E-state index in [1.54, 1.807) is 12.4 Å². The van der Waals surface area contributed by atoms with Crippen LogP contribution in [-0.2, 0) is 14.3 Å². The van der Waals surface area contributed by atoms with Crippen molar-refractivity contribution in [1.82, 2.24) is 9.97 Å². The molecule has 1 aliphatic rings. The highest BCUT2D eigenvalue weighted by molar-refractivity contribution is 5.98. The molecule has 1 aromatic carbocycles. The Hall–Kier alpha value is -2.17. The van der Waals surface area contributed by atoms with E-state index in [2.05, 4.69) is 14.7 Å². The Morgan fingerprint density at radius 1 is 1.38 bits per heavy atom. The summed E-state index contributed by atoms with van der Waals surface area (Å²) in [5, 5.41) is 0. The van der Waals surface area contributed by atoms with Crippen molar-refractivity contribution in [1.29, 1.82) is 0 Å². The Balaban J connectivity index is 2.05. The lowest BCUT2D eigenvalue weighted by Gasteiger charge is -2.03. The van der Waals surface area contributed by atoms with Crippen LogP contribution >= 0.6 is 0 Å². The summed E-state index contributed by atoms with van der Waals surface area (Å²) in [5.41, 5.74) is 2.47. The minimum Gasteiger partial charge on any atom is -0.393 e. The molecule has 1 saturated heterocycles. The molecule has 0 saturated carbocycles. The summed E-state index contributed by atoms with van der Waals surface area (Å²) in [4.78, 5) is 29.4. The Morgan fingerprint density at radius 2 is 2.25 bits per heavy atom. The molecule has 1 atom stereocenters. The van der Waals surface area contributed by atoms with Crippen LogP contribution in [0.3, 0.4) is 0 Å². The molecule has 0 radical (unpaired) electrons. The third-order valence-electron chi connectivity index (χ3n) is 2.72. The van der Waals surface area contributed by atoms with Crippen molar-refractivity contribution in [2.75, 3.05) is 0 Å². The second kappa shape index (κ2) is 3.16.